The average molecular weight is 409 g/mol. The summed E-state index contributed by atoms with van der Waals surface area (Å²) in [6.45, 7) is 0.433. The minimum atomic E-state index is -3.68. The Hall–Kier alpha value is -2.35. The molecule has 144 valence electrons. The highest BCUT2D eigenvalue weighted by atomic mass is 35.5. The van der Waals surface area contributed by atoms with Crippen LogP contribution in [0.4, 0.5) is 0 Å². The van der Waals surface area contributed by atoms with Crippen molar-refractivity contribution in [2.24, 2.45) is 0 Å². The van der Waals surface area contributed by atoms with Gasteiger partial charge in [-0.05, 0) is 48.5 Å². The summed E-state index contributed by atoms with van der Waals surface area (Å²) < 4.78 is 31.6. The number of sulfonamides is 1. The number of nitrogens with one attached hydrogen (secondary N) is 1. The molecule has 0 radical (unpaired) electrons. The number of methoxy groups -OCH3 is 1. The van der Waals surface area contributed by atoms with Crippen molar-refractivity contribution in [3.63, 3.8) is 0 Å². The molecule has 0 aliphatic heterocycles. The number of ether oxygens (including phenoxy) is 1. The summed E-state index contributed by atoms with van der Waals surface area (Å²) in [7, 11) is 0.733. The lowest BCUT2D eigenvalue weighted by molar-refractivity contribution is -0.125. The first-order valence-electron chi connectivity index (χ1n) is 8.06. The van der Waals surface area contributed by atoms with Crippen LogP contribution in [0.1, 0.15) is 11.1 Å². The Morgan fingerprint density at radius 3 is 2.48 bits per heavy atom. The molecule has 0 fully saturated rings. The molecule has 0 unspecified atom stereocenters. The van der Waals surface area contributed by atoms with E-state index in [0.29, 0.717) is 17.1 Å². The first-order valence-corrected chi connectivity index (χ1v) is 9.92. The van der Waals surface area contributed by atoms with E-state index in [1.807, 2.05) is 12.1 Å². The van der Waals surface area contributed by atoms with E-state index >= 15 is 0 Å². The molecule has 0 bridgehead atoms. The van der Waals surface area contributed by atoms with Gasteiger partial charge in [-0.2, -0.15) is 0 Å². The number of benzene rings is 2. The van der Waals surface area contributed by atoms with Gasteiger partial charge in [-0.15, -0.1) is 0 Å². The van der Waals surface area contributed by atoms with Crippen molar-refractivity contribution in [3.8, 4) is 5.75 Å². The average Bonchev–Trinajstić information content (AvgIpc) is 2.67. The van der Waals surface area contributed by atoms with Crippen LogP contribution in [0.15, 0.2) is 53.4 Å². The third-order valence-electron chi connectivity index (χ3n) is 3.87. The molecule has 0 aliphatic carbocycles. The van der Waals surface area contributed by atoms with Crippen molar-refractivity contribution in [1.82, 2.24) is 9.62 Å². The van der Waals surface area contributed by atoms with Crippen LogP contribution in [0, 0.1) is 0 Å². The molecule has 0 saturated heterocycles. The summed E-state index contributed by atoms with van der Waals surface area (Å²) in [6, 6.07) is 11.9. The van der Waals surface area contributed by atoms with Crippen LogP contribution in [0.5, 0.6) is 5.75 Å². The van der Waals surface area contributed by atoms with Gasteiger partial charge in [0.1, 0.15) is 10.6 Å². The summed E-state index contributed by atoms with van der Waals surface area (Å²) in [6.07, 6.45) is 2.96. The lowest BCUT2D eigenvalue weighted by Gasteiger charge is -2.15. The van der Waals surface area contributed by atoms with Gasteiger partial charge in [0.15, 0.2) is 0 Å². The summed E-state index contributed by atoms with van der Waals surface area (Å²) in [5, 5.41) is 0.638. The molecule has 2 rings (SSSR count). The maximum Gasteiger partial charge on any atom is 0.246 e. The second kappa shape index (κ2) is 9.03. The van der Waals surface area contributed by atoms with E-state index < -0.39 is 10.0 Å². The van der Waals surface area contributed by atoms with Crippen LogP contribution in [0.3, 0.4) is 0 Å². The third-order valence-corrected chi connectivity index (χ3v) is 5.56. The minimum Gasteiger partial charge on any atom is -0.495 e. The van der Waals surface area contributed by atoms with Crippen LogP contribution in [-0.2, 0) is 21.4 Å². The maximum absolute atomic E-state index is 12.3. The van der Waals surface area contributed by atoms with Crippen molar-refractivity contribution in [1.29, 1.82) is 0 Å². The second-order valence-electron chi connectivity index (χ2n) is 5.77. The van der Waals surface area contributed by atoms with E-state index in [-0.39, 0.29) is 16.6 Å². The van der Waals surface area contributed by atoms with Crippen LogP contribution in [0.2, 0.25) is 5.02 Å². The zero-order valence-corrected chi connectivity index (χ0v) is 16.8. The fourth-order valence-corrected chi connectivity index (χ4v) is 3.41. The zero-order valence-electron chi connectivity index (χ0n) is 15.3. The number of nitrogens with zero attached hydrogens (tertiary/aromatic N) is 1. The number of amides is 1. The molecule has 0 saturated carbocycles. The molecule has 1 amide bonds. The van der Waals surface area contributed by atoms with E-state index in [1.165, 1.54) is 26.3 Å². The standard InChI is InChI=1S/C19H21ClN2O4S/c1-21-27(24,25)18-12-14(6-10-17(18)26-3)7-11-19(23)22(2)13-15-4-8-16(20)9-5-15/h4-12,21H,13H2,1-3H3/b11-7+. The first kappa shape index (κ1) is 21.0. The van der Waals surface area contributed by atoms with E-state index in [9.17, 15) is 13.2 Å². The zero-order chi connectivity index (χ0) is 20.0. The monoisotopic (exact) mass is 408 g/mol. The van der Waals surface area contributed by atoms with Crippen LogP contribution in [0.25, 0.3) is 6.08 Å². The molecule has 0 aliphatic rings. The summed E-state index contributed by atoms with van der Waals surface area (Å²) >= 11 is 5.86. The quantitative estimate of drug-likeness (QED) is 0.715. The van der Waals surface area contributed by atoms with E-state index in [4.69, 9.17) is 16.3 Å². The summed E-state index contributed by atoms with van der Waals surface area (Å²) in [5.74, 6) is 0.0199. The SMILES string of the molecule is CNS(=O)(=O)c1cc(/C=C/C(=O)N(C)Cc2ccc(Cl)cc2)ccc1OC. The first-order chi connectivity index (χ1) is 12.8. The van der Waals surface area contributed by atoms with E-state index in [2.05, 4.69) is 4.72 Å². The smallest absolute Gasteiger partial charge is 0.246 e. The molecular weight excluding hydrogens is 388 g/mol. The lowest BCUT2D eigenvalue weighted by Crippen LogP contribution is -2.24. The van der Waals surface area contributed by atoms with Gasteiger partial charge in [-0.25, -0.2) is 13.1 Å². The fraction of sp³-hybridized carbons (Fsp3) is 0.211. The number of halogens is 1. The Labute approximate surface area is 164 Å². The Balaban J connectivity index is 2.15. The number of carbonyl (C=O) groups excluding carboxylic acids is 1. The van der Waals surface area contributed by atoms with Crippen molar-refractivity contribution >= 4 is 33.6 Å². The van der Waals surface area contributed by atoms with Crippen molar-refractivity contribution in [3.05, 3.63) is 64.7 Å². The van der Waals surface area contributed by atoms with Crippen molar-refractivity contribution in [2.45, 2.75) is 11.4 Å². The molecule has 27 heavy (non-hydrogen) atoms. The maximum atomic E-state index is 12.3. The van der Waals surface area contributed by atoms with E-state index in [0.717, 1.165) is 5.56 Å². The summed E-state index contributed by atoms with van der Waals surface area (Å²) in [5.41, 5.74) is 1.52. The lowest BCUT2D eigenvalue weighted by atomic mass is 10.2. The highest BCUT2D eigenvalue weighted by molar-refractivity contribution is 7.89. The molecule has 0 aromatic heterocycles. The van der Waals surface area contributed by atoms with Gasteiger partial charge in [0.05, 0.1) is 7.11 Å². The molecule has 1 N–H and O–H groups in total. The Bertz CT molecular complexity index is 941. The van der Waals surface area contributed by atoms with Gasteiger partial charge in [-0.3, -0.25) is 4.79 Å². The Kier molecular flexibility index (Phi) is 7.01. The van der Waals surface area contributed by atoms with Gasteiger partial charge in [-0.1, -0.05) is 29.8 Å². The number of rotatable bonds is 7. The Morgan fingerprint density at radius 2 is 1.89 bits per heavy atom. The van der Waals surface area contributed by atoms with Crippen LogP contribution >= 0.6 is 11.6 Å². The summed E-state index contributed by atoms with van der Waals surface area (Å²) in [4.78, 5) is 13.9. The van der Waals surface area contributed by atoms with E-state index in [1.54, 1.807) is 42.3 Å². The van der Waals surface area contributed by atoms with Crippen molar-refractivity contribution < 1.29 is 17.9 Å². The largest absolute Gasteiger partial charge is 0.495 e. The molecule has 2 aromatic carbocycles. The number of hydrogen-bond acceptors (Lipinski definition) is 4. The van der Waals surface area contributed by atoms with Crippen molar-refractivity contribution in [2.75, 3.05) is 21.2 Å². The third kappa shape index (κ3) is 5.56. The molecule has 0 spiro atoms. The molecular formula is C19H21ClN2O4S. The van der Waals surface area contributed by atoms with Gasteiger partial charge in [0.2, 0.25) is 15.9 Å². The van der Waals surface area contributed by atoms with Gasteiger partial charge in [0.25, 0.3) is 0 Å². The molecule has 6 nitrogen and oxygen atoms in total. The highest BCUT2D eigenvalue weighted by Gasteiger charge is 2.17. The topological polar surface area (TPSA) is 75.7 Å². The highest BCUT2D eigenvalue weighted by Crippen LogP contribution is 2.25. The van der Waals surface area contributed by atoms with Gasteiger partial charge >= 0.3 is 0 Å². The Morgan fingerprint density at radius 1 is 1.22 bits per heavy atom. The predicted octanol–water partition coefficient (Wildman–Crippen LogP) is 2.93. The molecule has 0 heterocycles. The van der Waals surface area contributed by atoms with Crippen LogP contribution in [-0.4, -0.2) is 40.4 Å². The second-order valence-corrected chi connectivity index (χ2v) is 8.06. The fourth-order valence-electron chi connectivity index (χ4n) is 2.35. The van der Waals surface area contributed by atoms with Gasteiger partial charge in [0, 0.05) is 24.7 Å². The number of likely N-dealkylation sites (N-methyl/N-ethyl adjacent to an activating group) is 1. The molecule has 2 aromatic rings. The molecule has 8 heteroatoms. The normalized spacial score (nSPS) is 11.6. The van der Waals surface area contributed by atoms with Crippen LogP contribution < -0.4 is 9.46 Å². The number of hydrogen-bond donors (Lipinski definition) is 1. The van der Waals surface area contributed by atoms with Gasteiger partial charge < -0.3 is 9.64 Å². The predicted molar refractivity (Wildman–Crippen MR) is 106 cm³/mol. The molecule has 0 atom stereocenters. The minimum absolute atomic E-state index is 0.0108. The number of carbonyl (C=O) groups is 1.